The van der Waals surface area contributed by atoms with Gasteiger partial charge in [-0.25, -0.2) is 9.97 Å². The highest BCUT2D eigenvalue weighted by Gasteiger charge is 2.09. The summed E-state index contributed by atoms with van der Waals surface area (Å²) in [6, 6.07) is 35.5. The van der Waals surface area contributed by atoms with Gasteiger partial charge in [-0.15, -0.1) is 11.3 Å². The monoisotopic (exact) mass is 429 g/mol. The molecule has 0 fully saturated rings. The molecule has 4 heteroatoms. The summed E-state index contributed by atoms with van der Waals surface area (Å²) >= 11 is 1.73. The molecule has 0 aliphatic carbocycles. The molecule has 2 aromatic heterocycles. The summed E-state index contributed by atoms with van der Waals surface area (Å²) in [5.74, 6) is 0.750. The van der Waals surface area contributed by atoms with Crippen LogP contribution in [-0.2, 0) is 0 Å². The summed E-state index contributed by atoms with van der Waals surface area (Å²) in [5.41, 5.74) is 6.55. The van der Waals surface area contributed by atoms with Crippen LogP contribution >= 0.6 is 11.3 Å². The summed E-state index contributed by atoms with van der Waals surface area (Å²) in [5, 5.41) is 4.66. The van der Waals surface area contributed by atoms with Crippen LogP contribution in [0.15, 0.2) is 109 Å². The van der Waals surface area contributed by atoms with E-state index >= 15 is 0 Å². The van der Waals surface area contributed by atoms with Crippen molar-refractivity contribution in [1.82, 2.24) is 9.97 Å². The Hall–Kier alpha value is -4.02. The van der Waals surface area contributed by atoms with E-state index in [-0.39, 0.29) is 0 Å². The SMILES string of the molecule is c1ccc(-c2ccc(Nc3ccc(-c4ncc5sc6ccccc6c5n4)cc3)cc2)cc1. The first-order valence-corrected chi connectivity index (χ1v) is 11.3. The Morgan fingerprint density at radius 2 is 1.19 bits per heavy atom. The third-order valence-corrected chi connectivity index (χ3v) is 6.64. The highest BCUT2D eigenvalue weighted by atomic mass is 32.1. The van der Waals surface area contributed by atoms with Crippen molar-refractivity contribution in [3.05, 3.63) is 109 Å². The van der Waals surface area contributed by atoms with Gasteiger partial charge in [0, 0.05) is 33.2 Å². The molecule has 1 N–H and O–H groups in total. The number of fused-ring (bicyclic) bond motifs is 3. The Morgan fingerprint density at radius 1 is 0.562 bits per heavy atom. The van der Waals surface area contributed by atoms with E-state index in [9.17, 15) is 0 Å². The first kappa shape index (κ1) is 18.7. The highest BCUT2D eigenvalue weighted by Crippen LogP contribution is 2.33. The molecule has 0 saturated carbocycles. The number of hydrogen-bond donors (Lipinski definition) is 1. The maximum absolute atomic E-state index is 4.86. The molecule has 0 amide bonds. The average molecular weight is 430 g/mol. The lowest BCUT2D eigenvalue weighted by atomic mass is 10.1. The lowest BCUT2D eigenvalue weighted by Gasteiger charge is -2.09. The van der Waals surface area contributed by atoms with Crippen molar-refractivity contribution in [2.75, 3.05) is 5.32 Å². The fourth-order valence-corrected chi connectivity index (χ4v) is 4.91. The minimum absolute atomic E-state index is 0.750. The predicted molar refractivity (Wildman–Crippen MR) is 136 cm³/mol. The molecule has 0 atom stereocenters. The molecule has 0 bridgehead atoms. The van der Waals surface area contributed by atoms with Gasteiger partial charge in [-0.3, -0.25) is 0 Å². The van der Waals surface area contributed by atoms with Crippen LogP contribution in [-0.4, -0.2) is 9.97 Å². The van der Waals surface area contributed by atoms with E-state index in [0.717, 1.165) is 33.0 Å². The normalized spacial score (nSPS) is 11.1. The lowest BCUT2D eigenvalue weighted by Crippen LogP contribution is -1.92. The van der Waals surface area contributed by atoms with Crippen LogP contribution in [0.1, 0.15) is 0 Å². The van der Waals surface area contributed by atoms with E-state index in [2.05, 4.69) is 107 Å². The quantitative estimate of drug-likeness (QED) is 0.309. The second-order valence-corrected chi connectivity index (χ2v) is 8.73. The van der Waals surface area contributed by atoms with Gasteiger partial charge in [-0.1, -0.05) is 60.7 Å². The minimum Gasteiger partial charge on any atom is -0.356 e. The van der Waals surface area contributed by atoms with Gasteiger partial charge in [0.05, 0.1) is 10.2 Å². The van der Waals surface area contributed by atoms with E-state index in [1.54, 1.807) is 11.3 Å². The summed E-state index contributed by atoms with van der Waals surface area (Å²) in [7, 11) is 0. The van der Waals surface area contributed by atoms with Crippen molar-refractivity contribution in [2.45, 2.75) is 0 Å². The number of aromatic nitrogens is 2. The van der Waals surface area contributed by atoms with Gasteiger partial charge in [-0.05, 0) is 53.6 Å². The zero-order chi connectivity index (χ0) is 21.3. The molecule has 0 aliphatic heterocycles. The zero-order valence-electron chi connectivity index (χ0n) is 17.2. The molecule has 0 unspecified atom stereocenters. The Kier molecular flexibility index (Phi) is 4.63. The number of anilines is 2. The topological polar surface area (TPSA) is 37.8 Å². The standard InChI is InChI=1S/C28H19N3S/c1-2-6-19(7-3-1)20-10-14-22(15-11-20)30-23-16-12-21(13-17-23)28-29-18-26-27(31-28)24-8-4-5-9-25(24)32-26/h1-18,30H. The van der Waals surface area contributed by atoms with Gasteiger partial charge >= 0.3 is 0 Å². The third-order valence-electron chi connectivity index (χ3n) is 5.54. The molecule has 4 aromatic carbocycles. The zero-order valence-corrected chi connectivity index (χ0v) is 18.0. The second kappa shape index (κ2) is 7.91. The van der Waals surface area contributed by atoms with Crippen molar-refractivity contribution < 1.29 is 0 Å². The second-order valence-electron chi connectivity index (χ2n) is 7.65. The highest BCUT2D eigenvalue weighted by molar-refractivity contribution is 7.25. The van der Waals surface area contributed by atoms with E-state index in [1.807, 2.05) is 12.3 Å². The molecule has 152 valence electrons. The van der Waals surface area contributed by atoms with Crippen molar-refractivity contribution in [3.63, 3.8) is 0 Å². The van der Waals surface area contributed by atoms with Gasteiger partial charge in [0.1, 0.15) is 0 Å². The molecule has 6 rings (SSSR count). The van der Waals surface area contributed by atoms with Crippen molar-refractivity contribution in [1.29, 1.82) is 0 Å². The number of nitrogens with zero attached hydrogens (tertiary/aromatic N) is 2. The van der Waals surface area contributed by atoms with Crippen molar-refractivity contribution in [2.24, 2.45) is 0 Å². The van der Waals surface area contributed by atoms with Crippen LogP contribution in [0.2, 0.25) is 0 Å². The van der Waals surface area contributed by atoms with Crippen molar-refractivity contribution >= 4 is 43.0 Å². The predicted octanol–water partition coefficient (Wildman–Crippen LogP) is 7.92. The summed E-state index contributed by atoms with van der Waals surface area (Å²) in [4.78, 5) is 9.47. The fourth-order valence-electron chi connectivity index (χ4n) is 3.89. The van der Waals surface area contributed by atoms with E-state index in [0.29, 0.717) is 0 Å². The van der Waals surface area contributed by atoms with Gasteiger partial charge in [-0.2, -0.15) is 0 Å². The van der Waals surface area contributed by atoms with Gasteiger partial charge < -0.3 is 5.32 Å². The van der Waals surface area contributed by atoms with Crippen LogP contribution in [0.25, 0.3) is 42.8 Å². The minimum atomic E-state index is 0.750. The number of rotatable bonds is 4. The maximum Gasteiger partial charge on any atom is 0.159 e. The molecule has 6 aromatic rings. The van der Waals surface area contributed by atoms with E-state index < -0.39 is 0 Å². The number of nitrogens with one attached hydrogen (secondary N) is 1. The van der Waals surface area contributed by atoms with Gasteiger partial charge in [0.2, 0.25) is 0 Å². The molecular formula is C28H19N3S. The molecular weight excluding hydrogens is 410 g/mol. The smallest absolute Gasteiger partial charge is 0.159 e. The first-order chi connectivity index (χ1) is 15.8. The Morgan fingerprint density at radius 3 is 1.94 bits per heavy atom. The van der Waals surface area contributed by atoms with Crippen molar-refractivity contribution in [3.8, 4) is 22.5 Å². The largest absolute Gasteiger partial charge is 0.356 e. The van der Waals surface area contributed by atoms with Crippen LogP contribution in [0.4, 0.5) is 11.4 Å². The van der Waals surface area contributed by atoms with Crippen LogP contribution in [0.3, 0.4) is 0 Å². The lowest BCUT2D eigenvalue weighted by molar-refractivity contribution is 1.24. The van der Waals surface area contributed by atoms with Crippen LogP contribution in [0.5, 0.6) is 0 Å². The van der Waals surface area contributed by atoms with Crippen LogP contribution < -0.4 is 5.32 Å². The molecule has 0 radical (unpaired) electrons. The Bertz CT molecular complexity index is 1520. The molecule has 0 spiro atoms. The maximum atomic E-state index is 4.86. The Labute approximate surface area is 190 Å². The molecule has 0 saturated heterocycles. The number of hydrogen-bond acceptors (Lipinski definition) is 4. The van der Waals surface area contributed by atoms with Gasteiger partial charge in [0.15, 0.2) is 5.82 Å². The fraction of sp³-hybridized carbons (Fsp3) is 0. The molecule has 3 nitrogen and oxygen atoms in total. The first-order valence-electron chi connectivity index (χ1n) is 10.5. The van der Waals surface area contributed by atoms with E-state index in [1.165, 1.54) is 21.2 Å². The third kappa shape index (κ3) is 3.51. The summed E-state index contributed by atoms with van der Waals surface area (Å²) in [6.07, 6.45) is 1.93. The molecule has 2 heterocycles. The summed E-state index contributed by atoms with van der Waals surface area (Å²) < 4.78 is 2.36. The molecule has 32 heavy (non-hydrogen) atoms. The Balaban J connectivity index is 1.24. The van der Waals surface area contributed by atoms with Crippen LogP contribution in [0, 0.1) is 0 Å². The average Bonchev–Trinajstić information content (AvgIpc) is 3.24. The number of thiophene rings is 1. The summed E-state index contributed by atoms with van der Waals surface area (Å²) in [6.45, 7) is 0. The number of benzene rings is 4. The van der Waals surface area contributed by atoms with Gasteiger partial charge in [0.25, 0.3) is 0 Å². The van der Waals surface area contributed by atoms with E-state index in [4.69, 9.17) is 4.98 Å². The molecule has 0 aliphatic rings.